The molecule has 0 saturated carbocycles. The normalized spacial score (nSPS) is 18.3. The third kappa shape index (κ3) is 4.70. The molecule has 6 heteroatoms. The summed E-state index contributed by atoms with van der Waals surface area (Å²) in [5, 5.41) is 11.1. The Morgan fingerprint density at radius 3 is 2.19 bits per heavy atom. The van der Waals surface area contributed by atoms with Crippen LogP contribution in [-0.2, 0) is 19.7 Å². The van der Waals surface area contributed by atoms with Gasteiger partial charge in [-0.25, -0.2) is 0 Å². The van der Waals surface area contributed by atoms with Crippen molar-refractivity contribution in [2.75, 3.05) is 26.9 Å². The standard InChI is InChI=1S/C26H31NO5/c1-6-32-20-13-9-18(10-14-20)23(28)21-22(27(15-16-31-5)25(30)24(21)29)17-7-11-19(12-8-17)26(2,3)4/h7-14,22,28H,6,15-16H2,1-5H3/t22-/m1/s1. The van der Waals surface area contributed by atoms with Crippen LogP contribution in [0.15, 0.2) is 54.1 Å². The average Bonchev–Trinajstić information content (AvgIpc) is 3.02. The number of likely N-dealkylation sites (tertiary alicyclic amines) is 1. The molecule has 1 fully saturated rings. The predicted octanol–water partition coefficient (Wildman–Crippen LogP) is 4.45. The Kier molecular flexibility index (Phi) is 7.04. The molecule has 6 nitrogen and oxygen atoms in total. The highest BCUT2D eigenvalue weighted by Gasteiger charge is 2.45. The number of carbonyl (C=O) groups excluding carboxylic acids is 2. The van der Waals surface area contributed by atoms with Crippen molar-refractivity contribution < 1.29 is 24.2 Å². The van der Waals surface area contributed by atoms with E-state index in [1.54, 1.807) is 31.4 Å². The van der Waals surface area contributed by atoms with E-state index in [2.05, 4.69) is 20.8 Å². The second kappa shape index (κ2) is 9.57. The van der Waals surface area contributed by atoms with Crippen LogP contribution in [0.25, 0.3) is 5.76 Å². The monoisotopic (exact) mass is 437 g/mol. The van der Waals surface area contributed by atoms with Crippen LogP contribution in [0, 0.1) is 0 Å². The van der Waals surface area contributed by atoms with Crippen LogP contribution in [0.3, 0.4) is 0 Å². The van der Waals surface area contributed by atoms with Crippen molar-refractivity contribution in [2.24, 2.45) is 0 Å². The van der Waals surface area contributed by atoms with Gasteiger partial charge >= 0.3 is 0 Å². The number of aliphatic hydroxyl groups excluding tert-OH is 1. The molecular weight excluding hydrogens is 406 g/mol. The van der Waals surface area contributed by atoms with Gasteiger partial charge in [-0.15, -0.1) is 0 Å². The molecule has 2 aromatic carbocycles. The van der Waals surface area contributed by atoms with Gasteiger partial charge in [0.15, 0.2) is 0 Å². The summed E-state index contributed by atoms with van der Waals surface area (Å²) in [5.41, 5.74) is 2.41. The minimum absolute atomic E-state index is 0.0291. The molecule has 0 radical (unpaired) electrons. The molecule has 1 saturated heterocycles. The summed E-state index contributed by atoms with van der Waals surface area (Å²) in [6.45, 7) is 9.32. The van der Waals surface area contributed by atoms with Gasteiger partial charge in [0.05, 0.1) is 24.8 Å². The first-order chi connectivity index (χ1) is 15.2. The quantitative estimate of drug-likeness (QED) is 0.393. The number of carbonyl (C=O) groups is 2. The van der Waals surface area contributed by atoms with Crippen LogP contribution in [0.1, 0.15) is 50.4 Å². The fourth-order valence-electron chi connectivity index (χ4n) is 3.84. The van der Waals surface area contributed by atoms with Gasteiger partial charge in [-0.05, 0) is 47.7 Å². The summed E-state index contributed by atoms with van der Waals surface area (Å²) < 4.78 is 10.6. The van der Waals surface area contributed by atoms with Gasteiger partial charge in [-0.2, -0.15) is 0 Å². The first-order valence-corrected chi connectivity index (χ1v) is 10.8. The molecule has 1 aliphatic rings. The fourth-order valence-corrected chi connectivity index (χ4v) is 3.84. The topological polar surface area (TPSA) is 76.1 Å². The van der Waals surface area contributed by atoms with Crippen molar-refractivity contribution in [3.05, 3.63) is 70.8 Å². The molecule has 1 heterocycles. The lowest BCUT2D eigenvalue weighted by Crippen LogP contribution is -2.32. The molecule has 1 atom stereocenters. The van der Waals surface area contributed by atoms with E-state index in [1.807, 2.05) is 31.2 Å². The highest BCUT2D eigenvalue weighted by Crippen LogP contribution is 2.40. The molecule has 32 heavy (non-hydrogen) atoms. The molecule has 0 unspecified atom stereocenters. The number of amides is 1. The van der Waals surface area contributed by atoms with Crippen molar-refractivity contribution in [3.63, 3.8) is 0 Å². The van der Waals surface area contributed by atoms with Crippen molar-refractivity contribution in [1.82, 2.24) is 4.90 Å². The zero-order valence-corrected chi connectivity index (χ0v) is 19.3. The number of rotatable bonds is 7. The summed E-state index contributed by atoms with van der Waals surface area (Å²) >= 11 is 0. The van der Waals surface area contributed by atoms with Gasteiger partial charge in [0, 0.05) is 19.2 Å². The predicted molar refractivity (Wildman–Crippen MR) is 124 cm³/mol. The molecule has 0 bridgehead atoms. The van der Waals surface area contributed by atoms with Crippen molar-refractivity contribution in [2.45, 2.75) is 39.2 Å². The third-order valence-electron chi connectivity index (χ3n) is 5.61. The van der Waals surface area contributed by atoms with E-state index in [-0.39, 0.29) is 29.9 Å². The van der Waals surface area contributed by atoms with Gasteiger partial charge in [0.2, 0.25) is 0 Å². The largest absolute Gasteiger partial charge is 0.507 e. The summed E-state index contributed by atoms with van der Waals surface area (Å²) in [6.07, 6.45) is 0. The SMILES string of the molecule is CCOc1ccc(C(O)=C2C(=O)C(=O)N(CCOC)[C@@H]2c2ccc(C(C)(C)C)cc2)cc1. The molecule has 170 valence electrons. The van der Waals surface area contributed by atoms with Crippen LogP contribution < -0.4 is 4.74 Å². The Morgan fingerprint density at radius 1 is 1.03 bits per heavy atom. The number of ether oxygens (including phenoxy) is 2. The number of methoxy groups -OCH3 is 1. The molecule has 1 amide bonds. The van der Waals surface area contributed by atoms with Gasteiger partial charge in [0.1, 0.15) is 11.5 Å². The molecule has 2 aromatic rings. The Morgan fingerprint density at radius 2 is 1.66 bits per heavy atom. The Hall–Kier alpha value is -3.12. The second-order valence-electron chi connectivity index (χ2n) is 8.81. The number of nitrogens with zero attached hydrogens (tertiary/aromatic N) is 1. The van der Waals surface area contributed by atoms with E-state index in [4.69, 9.17) is 9.47 Å². The number of Topliss-reactive ketones (excluding diaryl/α,β-unsaturated/α-hetero) is 1. The number of aliphatic hydroxyl groups is 1. The maximum atomic E-state index is 13.0. The van der Waals surface area contributed by atoms with Gasteiger partial charge in [0.25, 0.3) is 11.7 Å². The van der Waals surface area contributed by atoms with Crippen molar-refractivity contribution in [1.29, 1.82) is 0 Å². The molecule has 0 aromatic heterocycles. The van der Waals surface area contributed by atoms with Crippen LogP contribution >= 0.6 is 0 Å². The molecule has 0 spiro atoms. The molecule has 3 rings (SSSR count). The van der Waals surface area contributed by atoms with E-state index in [0.29, 0.717) is 17.9 Å². The summed E-state index contributed by atoms with van der Waals surface area (Å²) in [6, 6.07) is 14.0. The first kappa shape index (κ1) is 23.5. The average molecular weight is 438 g/mol. The minimum atomic E-state index is -0.697. The van der Waals surface area contributed by atoms with E-state index < -0.39 is 17.7 Å². The van der Waals surface area contributed by atoms with Crippen molar-refractivity contribution >= 4 is 17.4 Å². The van der Waals surface area contributed by atoms with E-state index in [9.17, 15) is 14.7 Å². The maximum Gasteiger partial charge on any atom is 0.295 e. The number of ketones is 1. The molecule has 1 aliphatic heterocycles. The molecule has 0 aliphatic carbocycles. The lowest BCUT2D eigenvalue weighted by molar-refractivity contribution is -0.140. The van der Waals surface area contributed by atoms with E-state index in [0.717, 1.165) is 11.1 Å². The zero-order chi connectivity index (χ0) is 23.5. The molecule has 1 N–H and O–H groups in total. The third-order valence-corrected chi connectivity index (χ3v) is 5.61. The number of benzene rings is 2. The Labute approximate surface area is 189 Å². The minimum Gasteiger partial charge on any atom is -0.507 e. The van der Waals surface area contributed by atoms with Gasteiger partial charge in [-0.3, -0.25) is 9.59 Å². The second-order valence-corrected chi connectivity index (χ2v) is 8.81. The summed E-state index contributed by atoms with van der Waals surface area (Å²) in [5.74, 6) is -0.869. The van der Waals surface area contributed by atoms with Crippen LogP contribution in [0.5, 0.6) is 5.75 Å². The van der Waals surface area contributed by atoms with Crippen LogP contribution in [0.4, 0.5) is 0 Å². The fraction of sp³-hybridized carbons (Fsp3) is 0.385. The Balaban J connectivity index is 2.09. The smallest absolute Gasteiger partial charge is 0.295 e. The lowest BCUT2D eigenvalue weighted by atomic mass is 9.85. The Bertz CT molecular complexity index is 1000. The van der Waals surface area contributed by atoms with Gasteiger partial charge < -0.3 is 19.5 Å². The maximum absolute atomic E-state index is 13.0. The van der Waals surface area contributed by atoms with Crippen LogP contribution in [-0.4, -0.2) is 48.6 Å². The number of hydrogen-bond acceptors (Lipinski definition) is 5. The van der Waals surface area contributed by atoms with Crippen molar-refractivity contribution in [3.8, 4) is 5.75 Å². The van der Waals surface area contributed by atoms with E-state index in [1.165, 1.54) is 4.90 Å². The van der Waals surface area contributed by atoms with E-state index >= 15 is 0 Å². The summed E-state index contributed by atoms with van der Waals surface area (Å²) in [7, 11) is 1.55. The zero-order valence-electron chi connectivity index (χ0n) is 19.3. The van der Waals surface area contributed by atoms with Gasteiger partial charge in [-0.1, -0.05) is 45.0 Å². The summed E-state index contributed by atoms with van der Waals surface area (Å²) in [4.78, 5) is 27.3. The lowest BCUT2D eigenvalue weighted by Gasteiger charge is -2.26. The first-order valence-electron chi connectivity index (χ1n) is 10.8. The molecular formula is C26H31NO5. The van der Waals surface area contributed by atoms with Crippen LogP contribution in [0.2, 0.25) is 0 Å². The highest BCUT2D eigenvalue weighted by atomic mass is 16.5. The number of hydrogen-bond donors (Lipinski definition) is 1. The highest BCUT2D eigenvalue weighted by molar-refractivity contribution is 6.46.